The van der Waals surface area contributed by atoms with Crippen molar-refractivity contribution >= 4 is 11.8 Å². The van der Waals surface area contributed by atoms with E-state index in [1.54, 1.807) is 18.0 Å². The van der Waals surface area contributed by atoms with Crippen LogP contribution in [0, 0.1) is 0 Å². The van der Waals surface area contributed by atoms with Gasteiger partial charge in [-0.3, -0.25) is 4.79 Å². The van der Waals surface area contributed by atoms with Crippen molar-refractivity contribution in [3.05, 3.63) is 22.6 Å². The summed E-state index contributed by atoms with van der Waals surface area (Å²) in [5, 5.41) is 3.99. The molecular formula is C11H19N3OS. The third-order valence-corrected chi connectivity index (χ3v) is 3.46. The van der Waals surface area contributed by atoms with Crippen LogP contribution < -0.4 is 10.9 Å². The van der Waals surface area contributed by atoms with Gasteiger partial charge in [-0.05, 0) is 26.3 Å². The van der Waals surface area contributed by atoms with Crippen LogP contribution in [0.1, 0.15) is 26.2 Å². The lowest BCUT2D eigenvalue weighted by Gasteiger charge is -2.12. The van der Waals surface area contributed by atoms with Crippen LogP contribution in [0.2, 0.25) is 0 Å². The molecule has 0 saturated heterocycles. The third kappa shape index (κ3) is 4.81. The highest BCUT2D eigenvalue weighted by Crippen LogP contribution is 2.13. The topological polar surface area (TPSA) is 57.8 Å². The molecule has 1 atom stereocenters. The van der Waals surface area contributed by atoms with Gasteiger partial charge in [-0.25, -0.2) is 4.98 Å². The fourth-order valence-corrected chi connectivity index (χ4v) is 2.29. The summed E-state index contributed by atoms with van der Waals surface area (Å²) in [4.78, 5) is 17.8. The number of hydrogen-bond donors (Lipinski definition) is 2. The Morgan fingerprint density at radius 3 is 3.06 bits per heavy atom. The molecule has 0 bridgehead atoms. The first-order valence-corrected chi connectivity index (χ1v) is 6.60. The van der Waals surface area contributed by atoms with Gasteiger partial charge in [0.1, 0.15) is 0 Å². The van der Waals surface area contributed by atoms with Gasteiger partial charge in [-0.15, -0.1) is 0 Å². The molecule has 0 saturated carbocycles. The minimum atomic E-state index is -0.0841. The van der Waals surface area contributed by atoms with Crippen molar-refractivity contribution in [2.45, 2.75) is 37.4 Å². The summed E-state index contributed by atoms with van der Waals surface area (Å²) in [7, 11) is 2.00. The van der Waals surface area contributed by atoms with Gasteiger partial charge in [0.25, 0.3) is 5.56 Å². The molecule has 90 valence electrons. The van der Waals surface area contributed by atoms with Crippen LogP contribution in [-0.4, -0.2) is 28.8 Å². The van der Waals surface area contributed by atoms with Crippen molar-refractivity contribution in [1.82, 2.24) is 15.3 Å². The lowest BCUT2D eigenvalue weighted by atomic mass is 10.1. The first-order valence-electron chi connectivity index (χ1n) is 5.61. The van der Waals surface area contributed by atoms with Crippen molar-refractivity contribution in [3.63, 3.8) is 0 Å². The zero-order valence-electron chi connectivity index (χ0n) is 9.82. The number of thioether (sulfide) groups is 1. The van der Waals surface area contributed by atoms with E-state index in [0.29, 0.717) is 11.2 Å². The summed E-state index contributed by atoms with van der Waals surface area (Å²) in [5.41, 5.74) is -0.0841. The van der Waals surface area contributed by atoms with E-state index in [1.807, 2.05) is 7.05 Å². The average Bonchev–Trinajstić information content (AvgIpc) is 2.29. The first-order chi connectivity index (χ1) is 7.76. The Morgan fingerprint density at radius 2 is 2.44 bits per heavy atom. The van der Waals surface area contributed by atoms with E-state index in [2.05, 4.69) is 22.2 Å². The van der Waals surface area contributed by atoms with Crippen LogP contribution in [0.5, 0.6) is 0 Å². The lowest BCUT2D eigenvalue weighted by molar-refractivity contribution is 0.504. The fourth-order valence-electron chi connectivity index (χ4n) is 1.48. The molecule has 0 amide bonds. The van der Waals surface area contributed by atoms with Crippen LogP contribution >= 0.6 is 11.8 Å². The Hall–Kier alpha value is -0.810. The molecule has 5 heteroatoms. The predicted molar refractivity (Wildman–Crippen MR) is 68.0 cm³/mol. The summed E-state index contributed by atoms with van der Waals surface area (Å²) in [6, 6.07) is 2.03. The second-order valence-electron chi connectivity index (χ2n) is 3.62. The van der Waals surface area contributed by atoms with E-state index in [1.165, 1.54) is 6.07 Å². The molecule has 1 heterocycles. The normalized spacial score (nSPS) is 12.6. The molecule has 0 aliphatic rings. The van der Waals surface area contributed by atoms with Gasteiger partial charge in [-0.2, -0.15) is 0 Å². The number of H-pyrrole nitrogens is 1. The molecule has 1 unspecified atom stereocenters. The van der Waals surface area contributed by atoms with Gasteiger partial charge < -0.3 is 10.3 Å². The Kier molecular flexibility index (Phi) is 6.18. The van der Waals surface area contributed by atoms with Crippen LogP contribution in [0.3, 0.4) is 0 Å². The van der Waals surface area contributed by atoms with Crippen LogP contribution in [-0.2, 0) is 0 Å². The Morgan fingerprint density at radius 1 is 1.62 bits per heavy atom. The average molecular weight is 241 g/mol. The monoisotopic (exact) mass is 241 g/mol. The van der Waals surface area contributed by atoms with Crippen molar-refractivity contribution in [1.29, 1.82) is 0 Å². The number of hydrogen-bond acceptors (Lipinski definition) is 4. The molecule has 4 nitrogen and oxygen atoms in total. The highest BCUT2D eigenvalue weighted by molar-refractivity contribution is 7.99. The number of nitrogens with zero attached hydrogens (tertiary/aromatic N) is 1. The minimum absolute atomic E-state index is 0.0841. The second-order valence-corrected chi connectivity index (χ2v) is 4.71. The quantitative estimate of drug-likeness (QED) is 0.433. The van der Waals surface area contributed by atoms with E-state index in [9.17, 15) is 4.79 Å². The molecule has 2 N–H and O–H groups in total. The fraction of sp³-hybridized carbons (Fsp3) is 0.636. The molecular weight excluding hydrogens is 222 g/mol. The predicted octanol–water partition coefficient (Wildman–Crippen LogP) is 1.64. The Bertz CT molecular complexity index is 349. The van der Waals surface area contributed by atoms with E-state index >= 15 is 0 Å². The standard InChI is InChI=1S/C11H19N3OS/c1-3-9(12-2)5-4-8-16-11-13-7-6-10(15)14-11/h6-7,9,12H,3-5,8H2,1-2H3,(H,13,14,15). The van der Waals surface area contributed by atoms with Gasteiger partial charge in [0, 0.05) is 24.1 Å². The maximum atomic E-state index is 11.0. The molecule has 0 aliphatic heterocycles. The zero-order chi connectivity index (χ0) is 11.8. The summed E-state index contributed by atoms with van der Waals surface area (Å²) >= 11 is 1.60. The summed E-state index contributed by atoms with van der Waals surface area (Å²) in [6.07, 6.45) is 4.99. The number of rotatable bonds is 7. The van der Waals surface area contributed by atoms with E-state index < -0.39 is 0 Å². The van der Waals surface area contributed by atoms with E-state index in [4.69, 9.17) is 0 Å². The molecule has 0 radical (unpaired) electrons. The van der Waals surface area contributed by atoms with Crippen LogP contribution in [0.25, 0.3) is 0 Å². The first kappa shape index (κ1) is 13.3. The molecule has 0 fully saturated rings. The lowest BCUT2D eigenvalue weighted by Crippen LogP contribution is -2.23. The van der Waals surface area contributed by atoms with Crippen LogP contribution in [0.15, 0.2) is 22.2 Å². The van der Waals surface area contributed by atoms with E-state index in [-0.39, 0.29) is 5.56 Å². The Labute approximate surface area is 100 Å². The maximum absolute atomic E-state index is 11.0. The summed E-state index contributed by atoms with van der Waals surface area (Å²) in [6.45, 7) is 2.19. The van der Waals surface area contributed by atoms with Gasteiger partial charge >= 0.3 is 0 Å². The molecule has 0 aromatic carbocycles. The largest absolute Gasteiger partial charge is 0.317 e. The SMILES string of the molecule is CCC(CCCSc1nccc(=O)[nH]1)NC. The van der Waals surface area contributed by atoms with Gasteiger partial charge in [0.05, 0.1) is 0 Å². The third-order valence-electron chi connectivity index (χ3n) is 2.48. The molecule has 1 rings (SSSR count). The Balaban J connectivity index is 2.23. The maximum Gasteiger partial charge on any atom is 0.251 e. The van der Waals surface area contributed by atoms with Crippen molar-refractivity contribution in [2.24, 2.45) is 0 Å². The molecule has 0 spiro atoms. The number of aromatic amines is 1. The van der Waals surface area contributed by atoms with Crippen molar-refractivity contribution in [3.8, 4) is 0 Å². The smallest absolute Gasteiger partial charge is 0.251 e. The van der Waals surface area contributed by atoms with Crippen molar-refractivity contribution < 1.29 is 0 Å². The molecule has 1 aromatic heterocycles. The zero-order valence-corrected chi connectivity index (χ0v) is 10.6. The molecule has 0 aliphatic carbocycles. The number of aromatic nitrogens is 2. The number of nitrogens with one attached hydrogen (secondary N) is 2. The van der Waals surface area contributed by atoms with E-state index in [0.717, 1.165) is 25.0 Å². The van der Waals surface area contributed by atoms with Gasteiger partial charge in [0.2, 0.25) is 0 Å². The molecule has 1 aromatic rings. The molecule has 16 heavy (non-hydrogen) atoms. The summed E-state index contributed by atoms with van der Waals surface area (Å²) in [5.74, 6) is 0.991. The minimum Gasteiger partial charge on any atom is -0.317 e. The highest BCUT2D eigenvalue weighted by Gasteiger charge is 2.02. The van der Waals surface area contributed by atoms with Crippen molar-refractivity contribution in [2.75, 3.05) is 12.8 Å². The van der Waals surface area contributed by atoms with Gasteiger partial charge in [-0.1, -0.05) is 18.7 Å². The van der Waals surface area contributed by atoms with Gasteiger partial charge in [0.15, 0.2) is 5.16 Å². The summed E-state index contributed by atoms with van der Waals surface area (Å²) < 4.78 is 0. The van der Waals surface area contributed by atoms with Crippen LogP contribution in [0.4, 0.5) is 0 Å². The second kappa shape index (κ2) is 7.46. The highest BCUT2D eigenvalue weighted by atomic mass is 32.2.